The average Bonchev–Trinajstić information content (AvgIpc) is 3.16. The number of hydrogen-bond acceptors (Lipinski definition) is 6. The van der Waals surface area contributed by atoms with E-state index in [1.807, 2.05) is 94.9 Å². The van der Waals surface area contributed by atoms with Gasteiger partial charge in [-0.1, -0.05) is 80.1 Å². The number of rotatable bonds is 11. The third-order valence-electron chi connectivity index (χ3n) is 9.54. The smallest absolute Gasteiger partial charge is 0.429 e. The summed E-state index contributed by atoms with van der Waals surface area (Å²) in [6.07, 6.45) is 1.43. The van der Waals surface area contributed by atoms with Gasteiger partial charge < -0.3 is 30.3 Å². The van der Waals surface area contributed by atoms with Gasteiger partial charge in [0.05, 0.1) is 12.1 Å². The fraction of sp³-hybridized carbons (Fsp3) is 0.233. The number of nitrogens with zero attached hydrogens (tertiary/aromatic N) is 2. The van der Waals surface area contributed by atoms with Crippen molar-refractivity contribution in [1.29, 1.82) is 0 Å². The predicted octanol–water partition coefficient (Wildman–Crippen LogP) is 5.74. The first-order valence-electron chi connectivity index (χ1n) is 18.0. The van der Waals surface area contributed by atoms with Gasteiger partial charge in [0, 0.05) is 54.1 Å². The standard InChI is InChI=1S/C43H46BN5O3S/c1-7-14-37(41(45)42(50)52-44(29-15-10-8-11-16-29)30-17-12-9-13-18-30)47-43(53)46-31-19-22-34(28(2)25-31)40-35-23-20-32(48(3)4)26-38(35)51-39-27-33(49(5)6)21-24-36(39)40/h8-13,15-27,37,41H,7,14,45H2,1-6H3,(H,47,53)/p+1. The molecule has 0 saturated carbocycles. The van der Waals surface area contributed by atoms with Crippen molar-refractivity contribution in [3.05, 3.63) is 126 Å². The lowest BCUT2D eigenvalue weighted by Crippen LogP contribution is -2.56. The number of carbonyl (C=O) groups is 1. The van der Waals surface area contributed by atoms with Gasteiger partial charge in [-0.15, -0.1) is 0 Å². The number of aryl methyl sites for hydroxylation is 1. The van der Waals surface area contributed by atoms with Crippen molar-refractivity contribution in [2.45, 2.75) is 38.8 Å². The highest BCUT2D eigenvalue weighted by molar-refractivity contribution is 7.80. The first kappa shape index (κ1) is 37.3. The van der Waals surface area contributed by atoms with E-state index in [1.54, 1.807) is 0 Å². The molecule has 2 aliphatic rings. The van der Waals surface area contributed by atoms with Crippen LogP contribution in [-0.4, -0.2) is 58.3 Å². The Kier molecular flexibility index (Phi) is 11.6. The van der Waals surface area contributed by atoms with E-state index in [4.69, 9.17) is 27.0 Å². The molecule has 270 valence electrons. The molecule has 8 nitrogen and oxygen atoms in total. The van der Waals surface area contributed by atoms with E-state index >= 15 is 0 Å². The Bertz CT molecular complexity index is 2230. The molecule has 1 heterocycles. The summed E-state index contributed by atoms with van der Waals surface area (Å²) in [5, 5.41) is 9.13. The second kappa shape index (κ2) is 16.5. The maximum absolute atomic E-state index is 13.6. The molecule has 4 aromatic rings. The fourth-order valence-electron chi connectivity index (χ4n) is 6.67. The zero-order chi connectivity index (χ0) is 37.6. The van der Waals surface area contributed by atoms with Gasteiger partial charge in [-0.3, -0.25) is 4.79 Å². The number of hydrogen-bond donors (Lipinski definition) is 3. The molecule has 1 aliphatic carbocycles. The Morgan fingerprint density at radius 3 is 2.17 bits per heavy atom. The third-order valence-corrected chi connectivity index (χ3v) is 9.76. The molecule has 10 heteroatoms. The number of nitrogens with two attached hydrogens (primary N) is 1. The van der Waals surface area contributed by atoms with Crippen LogP contribution in [-0.2, 0) is 9.45 Å². The zero-order valence-corrected chi connectivity index (χ0v) is 32.0. The van der Waals surface area contributed by atoms with Gasteiger partial charge in [0.15, 0.2) is 5.11 Å². The SMILES string of the molecule is CCCC(NC(=S)Nc1ccc(-c2c3ccc(=[N+](C)C)cc-3oc3cc(N(C)C)ccc23)c(C)c1)C(N)C(=O)OB(c1ccccc1)c1ccccc1. The van der Waals surface area contributed by atoms with Gasteiger partial charge in [0.2, 0.25) is 5.36 Å². The Labute approximate surface area is 317 Å². The topological polar surface area (TPSA) is 95.8 Å². The van der Waals surface area contributed by atoms with Gasteiger partial charge in [0.25, 0.3) is 0 Å². The lowest BCUT2D eigenvalue weighted by Gasteiger charge is -2.27. The van der Waals surface area contributed by atoms with Crippen LogP contribution in [0.1, 0.15) is 25.3 Å². The van der Waals surface area contributed by atoms with Gasteiger partial charge in [-0.2, -0.15) is 0 Å². The average molecular weight is 725 g/mol. The molecule has 0 spiro atoms. The molecule has 4 N–H and O–H groups in total. The maximum atomic E-state index is 13.6. The highest BCUT2D eigenvalue weighted by atomic mass is 32.1. The van der Waals surface area contributed by atoms with Crippen LogP contribution >= 0.6 is 12.2 Å². The number of carbonyl (C=O) groups excluding carboxylic acids is 1. The number of fused-ring (bicyclic) bond motifs is 2. The van der Waals surface area contributed by atoms with Crippen molar-refractivity contribution < 1.29 is 13.9 Å². The lowest BCUT2D eigenvalue weighted by atomic mass is 9.55. The summed E-state index contributed by atoms with van der Waals surface area (Å²) in [6, 6.07) is 36.9. The molecule has 4 aromatic carbocycles. The van der Waals surface area contributed by atoms with E-state index in [9.17, 15) is 4.79 Å². The molecule has 2 atom stereocenters. The van der Waals surface area contributed by atoms with Crippen molar-refractivity contribution in [2.75, 3.05) is 38.4 Å². The molecule has 0 fully saturated rings. The number of thiocarbonyl (C=S) groups is 1. The Hall–Kier alpha value is -5.45. The number of nitrogens with one attached hydrogen (secondary N) is 2. The number of anilines is 2. The minimum atomic E-state index is -0.945. The van der Waals surface area contributed by atoms with Crippen LogP contribution in [0.2, 0.25) is 0 Å². The summed E-state index contributed by atoms with van der Waals surface area (Å²) in [4.78, 5) is 15.7. The van der Waals surface area contributed by atoms with E-state index in [0.29, 0.717) is 11.5 Å². The molecule has 0 aromatic heterocycles. The monoisotopic (exact) mass is 724 g/mol. The summed E-state index contributed by atoms with van der Waals surface area (Å²) in [5.41, 5.74) is 15.4. The molecule has 53 heavy (non-hydrogen) atoms. The molecule has 0 saturated heterocycles. The van der Waals surface area contributed by atoms with Crippen molar-refractivity contribution in [1.82, 2.24) is 9.89 Å². The summed E-state index contributed by atoms with van der Waals surface area (Å²) >= 11 is 5.79. The van der Waals surface area contributed by atoms with Crippen LogP contribution in [0.3, 0.4) is 0 Å². The highest BCUT2D eigenvalue weighted by Crippen LogP contribution is 2.42. The largest absolute Gasteiger partial charge is 0.525 e. The first-order chi connectivity index (χ1) is 25.5. The summed E-state index contributed by atoms with van der Waals surface area (Å²) in [6.45, 7) is 3.57. The second-order valence-electron chi connectivity index (χ2n) is 13.8. The van der Waals surface area contributed by atoms with Crippen molar-refractivity contribution >= 4 is 63.5 Å². The first-order valence-corrected chi connectivity index (χ1v) is 18.4. The van der Waals surface area contributed by atoms with E-state index in [0.717, 1.165) is 73.1 Å². The van der Waals surface area contributed by atoms with Crippen LogP contribution in [0, 0.1) is 6.92 Å². The molecule has 6 rings (SSSR count). The van der Waals surface area contributed by atoms with Gasteiger partial charge in [-0.05, 0) is 77.9 Å². The molecule has 0 bridgehead atoms. The van der Waals surface area contributed by atoms with E-state index in [1.165, 1.54) is 0 Å². The summed E-state index contributed by atoms with van der Waals surface area (Å²) in [5.74, 6) is 0.318. The van der Waals surface area contributed by atoms with Crippen molar-refractivity contribution in [2.24, 2.45) is 5.73 Å². The third kappa shape index (κ3) is 8.45. The molecule has 0 amide bonds. The van der Waals surface area contributed by atoms with E-state index in [2.05, 4.69) is 82.5 Å². The van der Waals surface area contributed by atoms with Crippen LogP contribution in [0.25, 0.3) is 33.4 Å². The predicted molar refractivity (Wildman–Crippen MR) is 224 cm³/mol. The van der Waals surface area contributed by atoms with E-state index in [-0.39, 0.29) is 0 Å². The molecule has 2 unspecified atom stereocenters. The Balaban J connectivity index is 1.23. The van der Waals surface area contributed by atoms with Crippen molar-refractivity contribution in [3.8, 4) is 22.5 Å². The summed E-state index contributed by atoms with van der Waals surface area (Å²) in [7, 11) is 8.11. The quantitative estimate of drug-likeness (QED) is 0.0675. The van der Waals surface area contributed by atoms with E-state index < -0.39 is 25.0 Å². The normalized spacial score (nSPS) is 12.2. The second-order valence-corrected chi connectivity index (χ2v) is 14.2. The fourth-order valence-corrected chi connectivity index (χ4v) is 6.94. The Morgan fingerprint density at radius 2 is 1.57 bits per heavy atom. The van der Waals surface area contributed by atoms with Gasteiger partial charge >= 0.3 is 12.9 Å². The van der Waals surface area contributed by atoms with Crippen LogP contribution in [0.15, 0.2) is 120 Å². The minimum Gasteiger partial charge on any atom is -0.525 e. The molecule has 0 radical (unpaired) electrons. The lowest BCUT2D eigenvalue weighted by molar-refractivity contribution is -0.136. The van der Waals surface area contributed by atoms with Crippen molar-refractivity contribution in [3.63, 3.8) is 0 Å². The van der Waals surface area contributed by atoms with Crippen LogP contribution in [0.4, 0.5) is 11.4 Å². The van der Waals surface area contributed by atoms with Crippen LogP contribution < -0.4 is 42.1 Å². The highest BCUT2D eigenvalue weighted by Gasteiger charge is 2.32. The molecular weight excluding hydrogens is 677 g/mol. The Morgan fingerprint density at radius 1 is 0.906 bits per heavy atom. The van der Waals surface area contributed by atoms with Crippen LogP contribution in [0.5, 0.6) is 0 Å². The molecular formula is C43H47BN5O3S+. The van der Waals surface area contributed by atoms with Gasteiger partial charge in [0.1, 0.15) is 31.5 Å². The zero-order valence-electron chi connectivity index (χ0n) is 31.2. The number of benzene rings is 5. The minimum absolute atomic E-state index is 0.378. The van der Waals surface area contributed by atoms with Gasteiger partial charge in [-0.25, -0.2) is 4.58 Å². The molecule has 1 aliphatic heterocycles. The summed E-state index contributed by atoms with van der Waals surface area (Å²) < 4.78 is 14.7. The maximum Gasteiger partial charge on any atom is 0.429 e.